The van der Waals surface area contributed by atoms with Crippen LogP contribution in [0.4, 0.5) is 0 Å². The molecule has 2 nitrogen and oxygen atoms in total. The second-order valence-electron chi connectivity index (χ2n) is 7.05. The molecular formula is C17H36N2. The molecule has 1 aliphatic rings. The Balaban J connectivity index is 2.55. The highest BCUT2D eigenvalue weighted by molar-refractivity contribution is 4.86. The smallest absolute Gasteiger partial charge is 0.0105 e. The quantitative estimate of drug-likeness (QED) is 0.756. The molecule has 1 fully saturated rings. The molecule has 1 N–H and O–H groups in total. The highest BCUT2D eigenvalue weighted by Gasteiger charge is 2.30. The average molecular weight is 268 g/mol. The van der Waals surface area contributed by atoms with E-state index in [1.165, 1.54) is 38.6 Å². The van der Waals surface area contributed by atoms with Crippen LogP contribution in [0.1, 0.15) is 59.8 Å². The first-order valence-corrected chi connectivity index (χ1v) is 8.37. The molecule has 4 unspecified atom stereocenters. The topological polar surface area (TPSA) is 15.3 Å². The second-order valence-corrected chi connectivity index (χ2v) is 7.05. The number of nitrogens with zero attached hydrogens (tertiary/aromatic N) is 1. The molecule has 0 amide bonds. The van der Waals surface area contributed by atoms with Gasteiger partial charge >= 0.3 is 0 Å². The Bertz CT molecular complexity index is 239. The Labute approximate surface area is 121 Å². The fourth-order valence-corrected chi connectivity index (χ4v) is 3.66. The lowest BCUT2D eigenvalue weighted by Crippen LogP contribution is -2.46. The van der Waals surface area contributed by atoms with Crippen LogP contribution < -0.4 is 5.32 Å². The van der Waals surface area contributed by atoms with Gasteiger partial charge in [-0.25, -0.2) is 0 Å². The van der Waals surface area contributed by atoms with Gasteiger partial charge in [0.1, 0.15) is 0 Å². The van der Waals surface area contributed by atoms with Gasteiger partial charge in [0.25, 0.3) is 0 Å². The van der Waals surface area contributed by atoms with Gasteiger partial charge in [-0.2, -0.15) is 0 Å². The van der Waals surface area contributed by atoms with Crippen molar-refractivity contribution in [1.29, 1.82) is 0 Å². The van der Waals surface area contributed by atoms with Crippen LogP contribution in [0.25, 0.3) is 0 Å². The summed E-state index contributed by atoms with van der Waals surface area (Å²) < 4.78 is 0. The molecule has 0 heterocycles. The SMILES string of the molecule is CCCC1CCC(NC)C(CN(C)C(C)C(C)C)C1. The van der Waals surface area contributed by atoms with Gasteiger partial charge < -0.3 is 10.2 Å². The maximum absolute atomic E-state index is 3.56. The lowest BCUT2D eigenvalue weighted by molar-refractivity contribution is 0.119. The molecule has 0 bridgehead atoms. The number of hydrogen-bond acceptors (Lipinski definition) is 2. The Morgan fingerprint density at radius 3 is 2.42 bits per heavy atom. The van der Waals surface area contributed by atoms with Gasteiger partial charge in [-0.05, 0) is 58.0 Å². The minimum Gasteiger partial charge on any atom is -0.317 e. The standard InChI is InChI=1S/C17H36N2/c1-7-8-15-9-10-17(18-5)16(11-15)12-19(6)14(4)13(2)3/h13-18H,7-12H2,1-6H3. The number of rotatable bonds is 7. The molecule has 1 saturated carbocycles. The van der Waals surface area contributed by atoms with E-state index in [4.69, 9.17) is 0 Å². The van der Waals surface area contributed by atoms with Crippen molar-refractivity contribution < 1.29 is 0 Å². The normalized spacial score (nSPS) is 30.0. The zero-order valence-electron chi connectivity index (χ0n) is 14.1. The highest BCUT2D eigenvalue weighted by Crippen LogP contribution is 2.33. The van der Waals surface area contributed by atoms with E-state index in [-0.39, 0.29) is 0 Å². The summed E-state index contributed by atoms with van der Waals surface area (Å²) in [7, 11) is 4.45. The Morgan fingerprint density at radius 1 is 1.21 bits per heavy atom. The van der Waals surface area contributed by atoms with Gasteiger partial charge in [-0.15, -0.1) is 0 Å². The summed E-state index contributed by atoms with van der Waals surface area (Å²) in [5, 5.41) is 3.56. The molecule has 0 radical (unpaired) electrons. The molecule has 114 valence electrons. The molecule has 1 rings (SSSR count). The largest absolute Gasteiger partial charge is 0.317 e. The van der Waals surface area contributed by atoms with Crippen molar-refractivity contribution in [3.8, 4) is 0 Å². The van der Waals surface area contributed by atoms with Crippen molar-refractivity contribution >= 4 is 0 Å². The molecule has 0 saturated heterocycles. The molecule has 0 aromatic heterocycles. The van der Waals surface area contributed by atoms with Crippen molar-refractivity contribution in [3.05, 3.63) is 0 Å². The van der Waals surface area contributed by atoms with E-state index < -0.39 is 0 Å². The van der Waals surface area contributed by atoms with Gasteiger partial charge in [0.05, 0.1) is 0 Å². The maximum atomic E-state index is 3.56. The minimum absolute atomic E-state index is 0.684. The summed E-state index contributed by atoms with van der Waals surface area (Å²) in [4.78, 5) is 2.58. The Kier molecular flexibility index (Phi) is 7.38. The molecule has 0 spiro atoms. The molecule has 2 heteroatoms. The first kappa shape index (κ1) is 17.0. The fraction of sp³-hybridized carbons (Fsp3) is 1.00. The van der Waals surface area contributed by atoms with E-state index in [0.29, 0.717) is 6.04 Å². The van der Waals surface area contributed by atoms with E-state index in [2.05, 4.69) is 52.0 Å². The van der Waals surface area contributed by atoms with E-state index in [9.17, 15) is 0 Å². The third kappa shape index (κ3) is 5.07. The van der Waals surface area contributed by atoms with Gasteiger partial charge in [-0.3, -0.25) is 0 Å². The van der Waals surface area contributed by atoms with Crippen LogP contribution >= 0.6 is 0 Å². The summed E-state index contributed by atoms with van der Waals surface area (Å²) in [5.41, 5.74) is 0. The Hall–Kier alpha value is -0.0800. The summed E-state index contributed by atoms with van der Waals surface area (Å²) in [6.45, 7) is 10.6. The van der Waals surface area contributed by atoms with Crippen LogP contribution in [0.3, 0.4) is 0 Å². The van der Waals surface area contributed by atoms with E-state index in [1.807, 2.05) is 0 Å². The van der Waals surface area contributed by atoms with Crippen LogP contribution in [0, 0.1) is 17.8 Å². The predicted molar refractivity (Wildman–Crippen MR) is 85.5 cm³/mol. The summed E-state index contributed by atoms with van der Waals surface area (Å²) >= 11 is 0. The molecule has 0 aliphatic heterocycles. The summed E-state index contributed by atoms with van der Waals surface area (Å²) in [6.07, 6.45) is 7.00. The maximum Gasteiger partial charge on any atom is 0.0105 e. The van der Waals surface area contributed by atoms with Gasteiger partial charge in [0.15, 0.2) is 0 Å². The zero-order chi connectivity index (χ0) is 14.4. The highest BCUT2D eigenvalue weighted by atomic mass is 15.1. The van der Waals surface area contributed by atoms with E-state index in [1.54, 1.807) is 0 Å². The van der Waals surface area contributed by atoms with Crippen LogP contribution in [0.5, 0.6) is 0 Å². The summed E-state index contributed by atoms with van der Waals surface area (Å²) in [6, 6.07) is 1.42. The van der Waals surface area contributed by atoms with Crippen LogP contribution in [-0.4, -0.2) is 37.6 Å². The first-order chi connectivity index (χ1) is 8.99. The number of nitrogens with one attached hydrogen (secondary N) is 1. The molecule has 4 atom stereocenters. The monoisotopic (exact) mass is 268 g/mol. The summed E-state index contributed by atoms with van der Waals surface area (Å²) in [5.74, 6) is 2.55. The van der Waals surface area contributed by atoms with Crippen molar-refractivity contribution in [1.82, 2.24) is 10.2 Å². The van der Waals surface area contributed by atoms with Gasteiger partial charge in [0.2, 0.25) is 0 Å². The third-order valence-corrected chi connectivity index (χ3v) is 5.34. The van der Waals surface area contributed by atoms with Crippen LogP contribution in [-0.2, 0) is 0 Å². The van der Waals surface area contributed by atoms with Crippen molar-refractivity contribution in [2.24, 2.45) is 17.8 Å². The Morgan fingerprint density at radius 2 is 1.89 bits per heavy atom. The van der Waals surface area contributed by atoms with Crippen molar-refractivity contribution in [3.63, 3.8) is 0 Å². The van der Waals surface area contributed by atoms with Crippen LogP contribution in [0.15, 0.2) is 0 Å². The fourth-order valence-electron chi connectivity index (χ4n) is 3.66. The molecule has 0 aromatic rings. The minimum atomic E-state index is 0.684. The van der Waals surface area contributed by atoms with Gasteiger partial charge in [-0.1, -0.05) is 33.6 Å². The molecule has 0 aromatic carbocycles. The lowest BCUT2D eigenvalue weighted by atomic mass is 9.76. The van der Waals surface area contributed by atoms with E-state index in [0.717, 1.165) is 23.8 Å². The zero-order valence-corrected chi connectivity index (χ0v) is 14.1. The van der Waals surface area contributed by atoms with Crippen LogP contribution in [0.2, 0.25) is 0 Å². The molecular weight excluding hydrogens is 232 g/mol. The van der Waals surface area contributed by atoms with Crippen molar-refractivity contribution in [2.75, 3.05) is 20.6 Å². The lowest BCUT2D eigenvalue weighted by Gasteiger charge is -2.40. The van der Waals surface area contributed by atoms with Crippen molar-refractivity contribution in [2.45, 2.75) is 71.9 Å². The first-order valence-electron chi connectivity index (χ1n) is 8.37. The third-order valence-electron chi connectivity index (χ3n) is 5.34. The molecule has 1 aliphatic carbocycles. The van der Waals surface area contributed by atoms with Gasteiger partial charge in [0, 0.05) is 18.6 Å². The predicted octanol–water partition coefficient (Wildman–Crippen LogP) is 3.77. The van der Waals surface area contributed by atoms with E-state index >= 15 is 0 Å². The average Bonchev–Trinajstić information content (AvgIpc) is 2.38. The number of hydrogen-bond donors (Lipinski definition) is 1. The molecule has 19 heavy (non-hydrogen) atoms. The second kappa shape index (κ2) is 8.26.